The molecule has 2 nitrogen and oxygen atoms in total. The average Bonchev–Trinajstić information content (AvgIpc) is 2.68. The molecular weight excluding hydrogens is 272 g/mol. The van der Waals surface area contributed by atoms with Crippen LogP contribution >= 0.6 is 27.3 Å². The molecule has 1 atom stereocenters. The summed E-state index contributed by atoms with van der Waals surface area (Å²) in [6.45, 7) is 2.07. The van der Waals surface area contributed by atoms with Crippen LogP contribution in [0.3, 0.4) is 0 Å². The van der Waals surface area contributed by atoms with Gasteiger partial charge in [0.05, 0.1) is 10.5 Å². The molecule has 0 saturated heterocycles. The number of thiazole rings is 1. The summed E-state index contributed by atoms with van der Waals surface area (Å²) in [7, 11) is 0. The molecule has 1 heterocycles. The number of para-hydroxylation sites is 1. The maximum absolute atomic E-state index is 4.47. The number of nitrogens with one attached hydrogen (secondary N) is 1. The number of hydrogen-bond donors (Lipinski definition) is 1. The van der Waals surface area contributed by atoms with Crippen LogP contribution < -0.4 is 5.32 Å². The first-order chi connectivity index (χ1) is 7.25. The van der Waals surface area contributed by atoms with Gasteiger partial charge in [-0.3, -0.25) is 0 Å². The number of nitrogens with zero attached hydrogens (tertiary/aromatic N) is 1. The van der Waals surface area contributed by atoms with E-state index >= 15 is 0 Å². The van der Waals surface area contributed by atoms with Crippen LogP contribution in [0.25, 0.3) is 0 Å². The first-order valence-electron chi connectivity index (χ1n) is 4.67. The number of halogens is 1. The Morgan fingerprint density at radius 2 is 2.07 bits per heavy atom. The third kappa shape index (κ3) is 2.79. The predicted molar refractivity (Wildman–Crippen MR) is 69.2 cm³/mol. The zero-order valence-corrected chi connectivity index (χ0v) is 10.7. The first kappa shape index (κ1) is 10.6. The Kier molecular flexibility index (Phi) is 3.38. The number of hydrogen-bond acceptors (Lipinski definition) is 3. The Morgan fingerprint density at radius 1 is 1.33 bits per heavy atom. The Labute approximate surface area is 101 Å². The van der Waals surface area contributed by atoms with E-state index in [1.54, 1.807) is 11.3 Å². The second-order valence-electron chi connectivity index (χ2n) is 3.18. The maximum Gasteiger partial charge on any atom is 0.187 e. The van der Waals surface area contributed by atoms with Gasteiger partial charge in [-0.2, -0.15) is 0 Å². The van der Waals surface area contributed by atoms with Gasteiger partial charge in [0.25, 0.3) is 0 Å². The number of alkyl halides is 1. The first-order valence-corrected chi connectivity index (χ1v) is 6.47. The fourth-order valence-electron chi connectivity index (χ4n) is 1.17. The summed E-state index contributed by atoms with van der Waals surface area (Å²) in [6.07, 6.45) is 0. The molecule has 0 amide bonds. The highest BCUT2D eigenvalue weighted by Gasteiger charge is 2.06. The van der Waals surface area contributed by atoms with E-state index in [4.69, 9.17) is 0 Å². The lowest BCUT2D eigenvalue weighted by Crippen LogP contribution is -1.90. The highest BCUT2D eigenvalue weighted by Crippen LogP contribution is 2.27. The standard InChI is InChI=1S/C11H11BrN2S/c1-8(12)10-7-15-11(14-10)13-9-5-3-2-4-6-9/h2-8H,1H3,(H,13,14). The smallest absolute Gasteiger partial charge is 0.187 e. The van der Waals surface area contributed by atoms with E-state index in [0.717, 1.165) is 16.5 Å². The van der Waals surface area contributed by atoms with Gasteiger partial charge in [0.15, 0.2) is 5.13 Å². The van der Waals surface area contributed by atoms with Gasteiger partial charge in [-0.1, -0.05) is 34.1 Å². The van der Waals surface area contributed by atoms with Gasteiger partial charge in [-0.15, -0.1) is 11.3 Å². The van der Waals surface area contributed by atoms with E-state index in [1.807, 2.05) is 30.3 Å². The largest absolute Gasteiger partial charge is 0.332 e. The molecule has 0 fully saturated rings. The third-order valence-corrected chi connectivity index (χ3v) is 3.20. The molecule has 0 aliphatic carbocycles. The summed E-state index contributed by atoms with van der Waals surface area (Å²) < 4.78 is 0. The fraction of sp³-hybridized carbons (Fsp3) is 0.182. The van der Waals surface area contributed by atoms with E-state index in [-0.39, 0.29) is 0 Å². The van der Waals surface area contributed by atoms with Gasteiger partial charge >= 0.3 is 0 Å². The van der Waals surface area contributed by atoms with Crippen LogP contribution in [0.15, 0.2) is 35.7 Å². The monoisotopic (exact) mass is 282 g/mol. The molecular formula is C11H11BrN2S. The minimum absolute atomic E-state index is 0.306. The lowest BCUT2D eigenvalue weighted by Gasteiger charge is -2.01. The van der Waals surface area contributed by atoms with Crippen molar-refractivity contribution in [2.75, 3.05) is 5.32 Å². The zero-order chi connectivity index (χ0) is 10.7. The second kappa shape index (κ2) is 4.77. The summed E-state index contributed by atoms with van der Waals surface area (Å²) >= 11 is 5.12. The molecule has 2 rings (SSSR count). The van der Waals surface area contributed by atoms with Gasteiger partial charge in [-0.25, -0.2) is 4.98 Å². The lowest BCUT2D eigenvalue weighted by atomic mass is 10.3. The summed E-state index contributed by atoms with van der Waals surface area (Å²) in [5, 5.41) is 6.26. The van der Waals surface area contributed by atoms with Crippen LogP contribution in [0.1, 0.15) is 17.4 Å². The van der Waals surface area contributed by atoms with E-state index in [0.29, 0.717) is 4.83 Å². The minimum atomic E-state index is 0.306. The number of rotatable bonds is 3. The van der Waals surface area contributed by atoms with Gasteiger partial charge in [-0.05, 0) is 19.1 Å². The van der Waals surface area contributed by atoms with Crippen LogP contribution in [0.2, 0.25) is 0 Å². The van der Waals surface area contributed by atoms with Gasteiger partial charge in [0, 0.05) is 11.1 Å². The van der Waals surface area contributed by atoms with Crippen molar-refractivity contribution in [1.82, 2.24) is 4.98 Å². The summed E-state index contributed by atoms with van der Waals surface area (Å²) in [6, 6.07) is 10.1. The van der Waals surface area contributed by atoms with E-state index in [9.17, 15) is 0 Å². The molecule has 1 aromatic heterocycles. The van der Waals surface area contributed by atoms with Crippen molar-refractivity contribution in [2.24, 2.45) is 0 Å². The van der Waals surface area contributed by atoms with E-state index < -0.39 is 0 Å². The zero-order valence-electron chi connectivity index (χ0n) is 8.27. The molecule has 0 saturated carbocycles. The molecule has 0 bridgehead atoms. The van der Waals surface area contributed by atoms with Gasteiger partial charge in [0.1, 0.15) is 0 Å². The lowest BCUT2D eigenvalue weighted by molar-refractivity contribution is 1.05. The number of anilines is 2. The van der Waals surface area contributed by atoms with Crippen molar-refractivity contribution < 1.29 is 0 Å². The van der Waals surface area contributed by atoms with Crippen LogP contribution in [0.4, 0.5) is 10.8 Å². The maximum atomic E-state index is 4.47. The number of aromatic nitrogens is 1. The predicted octanol–water partition coefficient (Wildman–Crippen LogP) is 4.34. The molecule has 1 N–H and O–H groups in total. The molecule has 0 aliphatic heterocycles. The Balaban J connectivity index is 2.12. The van der Waals surface area contributed by atoms with Gasteiger partial charge in [0.2, 0.25) is 0 Å². The third-order valence-electron chi connectivity index (χ3n) is 1.95. The second-order valence-corrected chi connectivity index (χ2v) is 5.42. The minimum Gasteiger partial charge on any atom is -0.332 e. The highest BCUT2D eigenvalue weighted by molar-refractivity contribution is 9.09. The van der Waals surface area contributed by atoms with Crippen LogP contribution in [0, 0.1) is 0 Å². The quantitative estimate of drug-likeness (QED) is 0.847. The molecule has 0 radical (unpaired) electrons. The average molecular weight is 283 g/mol. The molecule has 1 aromatic carbocycles. The Morgan fingerprint density at radius 3 is 2.67 bits per heavy atom. The van der Waals surface area contributed by atoms with E-state index in [1.165, 1.54) is 0 Å². The van der Waals surface area contributed by atoms with Crippen LogP contribution in [-0.4, -0.2) is 4.98 Å². The van der Waals surface area contributed by atoms with Crippen molar-refractivity contribution in [3.05, 3.63) is 41.4 Å². The highest BCUT2D eigenvalue weighted by atomic mass is 79.9. The van der Waals surface area contributed by atoms with E-state index in [2.05, 4.69) is 38.5 Å². The van der Waals surface area contributed by atoms with Crippen LogP contribution in [0.5, 0.6) is 0 Å². The van der Waals surface area contributed by atoms with Gasteiger partial charge < -0.3 is 5.32 Å². The topological polar surface area (TPSA) is 24.9 Å². The van der Waals surface area contributed by atoms with Crippen LogP contribution in [-0.2, 0) is 0 Å². The molecule has 1 unspecified atom stereocenters. The Hall–Kier alpha value is -0.870. The normalized spacial score (nSPS) is 12.4. The number of benzene rings is 1. The van der Waals surface area contributed by atoms with Crippen molar-refractivity contribution in [3.63, 3.8) is 0 Å². The molecule has 4 heteroatoms. The van der Waals surface area contributed by atoms with Crippen molar-refractivity contribution >= 4 is 38.1 Å². The molecule has 2 aromatic rings. The van der Waals surface area contributed by atoms with Crippen molar-refractivity contribution in [2.45, 2.75) is 11.8 Å². The van der Waals surface area contributed by atoms with Crippen molar-refractivity contribution in [3.8, 4) is 0 Å². The fourth-order valence-corrected chi connectivity index (χ4v) is 2.40. The summed E-state index contributed by atoms with van der Waals surface area (Å²) in [4.78, 5) is 4.77. The summed E-state index contributed by atoms with van der Waals surface area (Å²) in [5.74, 6) is 0. The molecule has 15 heavy (non-hydrogen) atoms. The SMILES string of the molecule is CC(Br)c1csc(Nc2ccccc2)n1. The molecule has 78 valence electrons. The molecule has 0 aliphatic rings. The Bertz CT molecular complexity index is 425. The van der Waals surface area contributed by atoms with Crippen molar-refractivity contribution in [1.29, 1.82) is 0 Å². The summed E-state index contributed by atoms with van der Waals surface area (Å²) in [5.41, 5.74) is 2.14. The molecule has 0 spiro atoms.